The Kier molecular flexibility index (Phi) is 2.62. The van der Waals surface area contributed by atoms with Gasteiger partial charge in [-0.25, -0.2) is 0 Å². The van der Waals surface area contributed by atoms with Crippen LogP contribution in [0.1, 0.15) is 24.0 Å². The van der Waals surface area contributed by atoms with Gasteiger partial charge >= 0.3 is 0 Å². The third-order valence-electron chi connectivity index (χ3n) is 4.58. The minimum Gasteiger partial charge on any atom is -0.371 e. The van der Waals surface area contributed by atoms with Crippen molar-refractivity contribution in [1.82, 2.24) is 5.32 Å². The van der Waals surface area contributed by atoms with Crippen LogP contribution in [0.15, 0.2) is 18.2 Å². The minimum absolute atomic E-state index is 0.646. The highest BCUT2D eigenvalue weighted by Gasteiger charge is 2.39. The maximum absolute atomic E-state index is 3.43. The molecule has 0 bridgehead atoms. The number of aryl methyl sites for hydroxylation is 2. The molecule has 1 N–H and O–H groups in total. The highest BCUT2D eigenvalue weighted by atomic mass is 15.2. The van der Waals surface area contributed by atoms with Gasteiger partial charge in [-0.2, -0.15) is 0 Å². The van der Waals surface area contributed by atoms with Gasteiger partial charge in [0.2, 0.25) is 0 Å². The van der Waals surface area contributed by atoms with Crippen LogP contribution in [-0.4, -0.2) is 26.2 Å². The van der Waals surface area contributed by atoms with E-state index in [0.29, 0.717) is 5.41 Å². The van der Waals surface area contributed by atoms with Crippen LogP contribution in [0.3, 0.4) is 0 Å². The average molecular weight is 230 g/mol. The molecule has 92 valence electrons. The zero-order valence-corrected chi connectivity index (χ0v) is 10.9. The molecular formula is C15H22N2. The second-order valence-corrected chi connectivity index (χ2v) is 5.83. The molecule has 0 saturated carbocycles. The second kappa shape index (κ2) is 4.02. The molecule has 1 spiro atoms. The number of nitrogens with zero attached hydrogens (tertiary/aromatic N) is 1. The molecule has 2 fully saturated rings. The van der Waals surface area contributed by atoms with Crippen LogP contribution in [-0.2, 0) is 0 Å². The molecule has 2 nitrogen and oxygen atoms in total. The van der Waals surface area contributed by atoms with Crippen LogP contribution < -0.4 is 10.2 Å². The first-order chi connectivity index (χ1) is 8.20. The van der Waals surface area contributed by atoms with Gasteiger partial charge in [-0.1, -0.05) is 18.2 Å². The largest absolute Gasteiger partial charge is 0.371 e. The highest BCUT2D eigenvalue weighted by Crippen LogP contribution is 2.37. The van der Waals surface area contributed by atoms with Crippen LogP contribution in [0.4, 0.5) is 5.69 Å². The lowest BCUT2D eigenvalue weighted by molar-refractivity contribution is 0.126. The molecule has 0 unspecified atom stereocenters. The number of benzene rings is 1. The van der Waals surface area contributed by atoms with Crippen molar-refractivity contribution in [3.8, 4) is 0 Å². The Balaban J connectivity index is 1.78. The van der Waals surface area contributed by atoms with E-state index in [1.165, 1.54) is 55.8 Å². The Labute approximate surface area is 104 Å². The highest BCUT2D eigenvalue weighted by molar-refractivity contribution is 5.59. The summed E-state index contributed by atoms with van der Waals surface area (Å²) in [6, 6.07) is 6.63. The lowest BCUT2D eigenvalue weighted by atomic mass is 9.73. The molecule has 2 saturated heterocycles. The molecule has 17 heavy (non-hydrogen) atoms. The quantitative estimate of drug-likeness (QED) is 0.797. The van der Waals surface area contributed by atoms with Crippen LogP contribution in [0, 0.1) is 19.3 Å². The van der Waals surface area contributed by atoms with Crippen molar-refractivity contribution in [3.63, 3.8) is 0 Å². The standard InChI is InChI=1S/C15H22N2/c1-12-4-3-5-13(2)14(12)17-8-6-15(7-9-17)10-16-11-15/h3-5,16H,6-11H2,1-2H3. The van der Waals surface area contributed by atoms with Gasteiger partial charge in [0.25, 0.3) is 0 Å². The average Bonchev–Trinajstić information content (AvgIpc) is 2.28. The molecule has 0 amide bonds. The fourth-order valence-corrected chi connectivity index (χ4v) is 3.34. The molecule has 3 rings (SSSR count). The normalized spacial score (nSPS) is 22.6. The topological polar surface area (TPSA) is 15.3 Å². The van der Waals surface area contributed by atoms with E-state index < -0.39 is 0 Å². The Morgan fingerprint density at radius 1 is 1.06 bits per heavy atom. The van der Waals surface area contributed by atoms with Crippen molar-refractivity contribution in [2.45, 2.75) is 26.7 Å². The van der Waals surface area contributed by atoms with Crippen LogP contribution in [0.2, 0.25) is 0 Å². The third-order valence-corrected chi connectivity index (χ3v) is 4.58. The predicted molar refractivity (Wildman–Crippen MR) is 72.7 cm³/mol. The van der Waals surface area contributed by atoms with E-state index in [0.717, 1.165) is 0 Å². The van der Waals surface area contributed by atoms with Crippen molar-refractivity contribution in [2.24, 2.45) is 5.41 Å². The summed E-state index contributed by atoms with van der Waals surface area (Å²) >= 11 is 0. The molecule has 1 aromatic carbocycles. The number of anilines is 1. The smallest absolute Gasteiger partial charge is 0.0425 e. The fraction of sp³-hybridized carbons (Fsp3) is 0.600. The summed E-state index contributed by atoms with van der Waals surface area (Å²) < 4.78 is 0. The molecule has 2 aliphatic rings. The van der Waals surface area contributed by atoms with Crippen molar-refractivity contribution < 1.29 is 0 Å². The monoisotopic (exact) mass is 230 g/mol. The number of hydrogen-bond acceptors (Lipinski definition) is 2. The van der Waals surface area contributed by atoms with Crippen molar-refractivity contribution in [1.29, 1.82) is 0 Å². The number of rotatable bonds is 1. The van der Waals surface area contributed by atoms with E-state index in [2.05, 4.69) is 42.3 Å². The number of para-hydroxylation sites is 1. The van der Waals surface area contributed by atoms with Crippen molar-refractivity contribution >= 4 is 5.69 Å². The first-order valence-electron chi connectivity index (χ1n) is 6.72. The fourth-order valence-electron chi connectivity index (χ4n) is 3.34. The van der Waals surface area contributed by atoms with Gasteiger partial charge in [0, 0.05) is 31.9 Å². The maximum atomic E-state index is 3.43. The first-order valence-corrected chi connectivity index (χ1v) is 6.72. The number of nitrogens with one attached hydrogen (secondary N) is 1. The molecule has 1 aromatic rings. The minimum atomic E-state index is 0.646. The Bertz CT molecular complexity index is 391. The number of piperidine rings is 1. The second-order valence-electron chi connectivity index (χ2n) is 5.83. The Hall–Kier alpha value is -1.02. The summed E-state index contributed by atoms with van der Waals surface area (Å²) in [5.74, 6) is 0. The van der Waals surface area contributed by atoms with E-state index in [1.807, 2.05) is 0 Å². The molecule has 0 aliphatic carbocycles. The Morgan fingerprint density at radius 3 is 2.12 bits per heavy atom. The molecule has 0 aromatic heterocycles. The summed E-state index contributed by atoms with van der Waals surface area (Å²) in [6.45, 7) is 9.41. The van der Waals surface area contributed by atoms with Crippen LogP contribution >= 0.6 is 0 Å². The van der Waals surface area contributed by atoms with Gasteiger partial charge in [-0.15, -0.1) is 0 Å². The number of hydrogen-bond donors (Lipinski definition) is 1. The Morgan fingerprint density at radius 2 is 1.65 bits per heavy atom. The van der Waals surface area contributed by atoms with Crippen molar-refractivity contribution in [3.05, 3.63) is 29.3 Å². The first kappa shape index (κ1) is 11.1. The van der Waals surface area contributed by atoms with Gasteiger partial charge in [-0.05, 0) is 43.2 Å². The van der Waals surface area contributed by atoms with Crippen LogP contribution in [0.25, 0.3) is 0 Å². The zero-order valence-electron chi connectivity index (χ0n) is 10.9. The molecule has 2 aliphatic heterocycles. The lowest BCUT2D eigenvalue weighted by Gasteiger charge is -2.49. The van der Waals surface area contributed by atoms with Gasteiger partial charge in [0.1, 0.15) is 0 Å². The predicted octanol–water partition coefficient (Wildman–Crippen LogP) is 2.49. The lowest BCUT2D eigenvalue weighted by Crippen LogP contribution is -2.58. The molecular weight excluding hydrogens is 208 g/mol. The van der Waals surface area contributed by atoms with Gasteiger partial charge in [-0.3, -0.25) is 0 Å². The van der Waals surface area contributed by atoms with Gasteiger partial charge in [0.15, 0.2) is 0 Å². The summed E-state index contributed by atoms with van der Waals surface area (Å²) in [6.07, 6.45) is 2.71. The maximum Gasteiger partial charge on any atom is 0.0425 e. The molecule has 0 atom stereocenters. The zero-order chi connectivity index (χ0) is 11.9. The molecule has 2 heterocycles. The van der Waals surface area contributed by atoms with E-state index in [1.54, 1.807) is 0 Å². The van der Waals surface area contributed by atoms with Crippen molar-refractivity contribution in [2.75, 3.05) is 31.1 Å². The van der Waals surface area contributed by atoms with Gasteiger partial charge < -0.3 is 10.2 Å². The molecule has 2 heteroatoms. The van der Waals surface area contributed by atoms with E-state index in [4.69, 9.17) is 0 Å². The van der Waals surface area contributed by atoms with E-state index in [9.17, 15) is 0 Å². The summed E-state index contributed by atoms with van der Waals surface area (Å²) in [5.41, 5.74) is 4.97. The molecule has 0 radical (unpaired) electrons. The summed E-state index contributed by atoms with van der Waals surface area (Å²) in [7, 11) is 0. The summed E-state index contributed by atoms with van der Waals surface area (Å²) in [5, 5.41) is 3.43. The van der Waals surface area contributed by atoms with Crippen LogP contribution in [0.5, 0.6) is 0 Å². The SMILES string of the molecule is Cc1cccc(C)c1N1CCC2(CC1)CNC2. The van der Waals surface area contributed by atoms with E-state index >= 15 is 0 Å². The summed E-state index contributed by atoms with van der Waals surface area (Å²) in [4.78, 5) is 2.59. The third kappa shape index (κ3) is 1.85. The van der Waals surface area contributed by atoms with Gasteiger partial charge in [0.05, 0.1) is 0 Å². The van der Waals surface area contributed by atoms with E-state index in [-0.39, 0.29) is 0 Å².